The minimum atomic E-state index is -4.29. The van der Waals surface area contributed by atoms with Crippen LogP contribution in [-0.4, -0.2) is 5.54 Å². The first kappa shape index (κ1) is 12.4. The molecule has 2 N–H and O–H groups in total. The molecular weight excluding hydrogens is 227 g/mol. The van der Waals surface area contributed by atoms with Crippen LogP contribution in [0.5, 0.6) is 0 Å². The van der Waals surface area contributed by atoms with E-state index in [0.717, 1.165) is 31.7 Å². The zero-order chi connectivity index (χ0) is 12.5. The van der Waals surface area contributed by atoms with Gasteiger partial charge in [-0.25, -0.2) is 0 Å². The highest BCUT2D eigenvalue weighted by atomic mass is 19.4. The molecule has 0 unspecified atom stereocenters. The third-order valence-electron chi connectivity index (χ3n) is 3.46. The van der Waals surface area contributed by atoms with Crippen LogP contribution < -0.4 is 5.73 Å². The van der Waals surface area contributed by atoms with Crippen molar-refractivity contribution in [2.45, 2.75) is 43.8 Å². The molecule has 1 aromatic carbocycles. The van der Waals surface area contributed by atoms with Crippen LogP contribution in [0.1, 0.15) is 36.8 Å². The molecule has 0 spiro atoms. The van der Waals surface area contributed by atoms with Crippen LogP contribution in [0.2, 0.25) is 0 Å². The molecule has 0 heterocycles. The van der Waals surface area contributed by atoms with Gasteiger partial charge < -0.3 is 5.73 Å². The Bertz CT molecular complexity index is 392. The molecule has 0 aromatic heterocycles. The maximum atomic E-state index is 12.8. The summed E-state index contributed by atoms with van der Waals surface area (Å²) in [6, 6.07) is 5.73. The molecule has 17 heavy (non-hydrogen) atoms. The summed E-state index contributed by atoms with van der Waals surface area (Å²) in [5.74, 6) is 0. The number of hydrogen-bond donors (Lipinski definition) is 1. The fourth-order valence-corrected chi connectivity index (χ4v) is 2.59. The zero-order valence-electron chi connectivity index (χ0n) is 9.56. The summed E-state index contributed by atoms with van der Waals surface area (Å²) < 4.78 is 38.4. The lowest BCUT2D eigenvalue weighted by atomic mass is 9.88. The van der Waals surface area contributed by atoms with E-state index in [1.807, 2.05) is 0 Å². The predicted octanol–water partition coefficient (Wildman–Crippen LogP) is 3.52. The van der Waals surface area contributed by atoms with E-state index < -0.39 is 17.3 Å². The lowest BCUT2D eigenvalue weighted by Crippen LogP contribution is -2.39. The van der Waals surface area contributed by atoms with Gasteiger partial charge in [0.15, 0.2) is 0 Å². The van der Waals surface area contributed by atoms with E-state index in [2.05, 4.69) is 0 Å². The Morgan fingerprint density at radius 3 is 2.29 bits per heavy atom. The van der Waals surface area contributed by atoms with Crippen molar-refractivity contribution in [1.82, 2.24) is 0 Å². The van der Waals surface area contributed by atoms with E-state index in [-0.39, 0.29) is 0 Å². The summed E-state index contributed by atoms with van der Waals surface area (Å²) in [6.45, 7) is 0. The third kappa shape index (κ3) is 2.80. The largest absolute Gasteiger partial charge is 0.416 e. The van der Waals surface area contributed by atoms with Gasteiger partial charge in [-0.2, -0.15) is 13.2 Å². The predicted molar refractivity (Wildman–Crippen MR) is 60.5 cm³/mol. The second-order valence-corrected chi connectivity index (χ2v) is 4.90. The van der Waals surface area contributed by atoms with Crippen LogP contribution in [0.4, 0.5) is 13.2 Å². The van der Waals surface area contributed by atoms with Gasteiger partial charge in [-0.05, 0) is 30.9 Å². The van der Waals surface area contributed by atoms with Crippen LogP contribution in [0.15, 0.2) is 24.3 Å². The topological polar surface area (TPSA) is 26.0 Å². The van der Waals surface area contributed by atoms with Gasteiger partial charge in [0, 0.05) is 5.54 Å². The van der Waals surface area contributed by atoms with Gasteiger partial charge in [-0.3, -0.25) is 0 Å². The van der Waals surface area contributed by atoms with Gasteiger partial charge in [-0.1, -0.05) is 31.0 Å². The highest BCUT2D eigenvalue weighted by Crippen LogP contribution is 2.36. The van der Waals surface area contributed by atoms with Gasteiger partial charge in [0.25, 0.3) is 0 Å². The summed E-state index contributed by atoms with van der Waals surface area (Å²) in [6.07, 6.45) is -0.290. The number of benzene rings is 1. The Labute approximate surface area is 98.8 Å². The van der Waals surface area contributed by atoms with Gasteiger partial charge in [0.2, 0.25) is 0 Å². The minimum absolute atomic E-state index is 0.322. The maximum absolute atomic E-state index is 12.8. The van der Waals surface area contributed by atoms with Crippen molar-refractivity contribution < 1.29 is 13.2 Å². The monoisotopic (exact) mass is 243 g/mol. The number of rotatable bonds is 2. The van der Waals surface area contributed by atoms with Gasteiger partial charge in [0.05, 0.1) is 5.56 Å². The molecule has 1 nitrogen and oxygen atoms in total. The average Bonchev–Trinajstić information content (AvgIpc) is 2.64. The number of alkyl halides is 3. The third-order valence-corrected chi connectivity index (χ3v) is 3.46. The van der Waals surface area contributed by atoms with E-state index in [0.29, 0.717) is 12.0 Å². The standard InChI is InChI=1S/C13H16F3N/c14-13(15,16)11-6-2-1-5-10(11)9-12(17)7-3-4-8-12/h1-2,5-6H,3-4,7-9,17H2. The van der Waals surface area contributed by atoms with Gasteiger partial charge >= 0.3 is 6.18 Å². The second kappa shape index (κ2) is 4.33. The summed E-state index contributed by atoms with van der Waals surface area (Å²) in [5.41, 5.74) is 5.47. The van der Waals surface area contributed by atoms with Crippen LogP contribution in [0, 0.1) is 0 Å². The molecule has 1 fully saturated rings. The summed E-state index contributed by atoms with van der Waals surface area (Å²) in [5, 5.41) is 0. The first-order valence-corrected chi connectivity index (χ1v) is 5.85. The molecule has 1 aliphatic carbocycles. The normalized spacial score (nSPS) is 19.5. The highest BCUT2D eigenvalue weighted by Gasteiger charge is 2.36. The summed E-state index contributed by atoms with van der Waals surface area (Å²) in [7, 11) is 0. The fraction of sp³-hybridized carbons (Fsp3) is 0.538. The Kier molecular flexibility index (Phi) is 3.17. The number of hydrogen-bond acceptors (Lipinski definition) is 1. The Morgan fingerprint density at radius 1 is 1.12 bits per heavy atom. The molecule has 0 radical (unpaired) electrons. The Balaban J connectivity index is 2.26. The van der Waals surface area contributed by atoms with E-state index in [1.165, 1.54) is 12.1 Å². The molecule has 4 heteroatoms. The average molecular weight is 243 g/mol. The zero-order valence-corrected chi connectivity index (χ0v) is 9.56. The number of halogens is 3. The van der Waals surface area contributed by atoms with E-state index in [1.54, 1.807) is 6.07 Å². The molecule has 0 saturated heterocycles. The molecular formula is C13H16F3N. The van der Waals surface area contributed by atoms with Crippen molar-refractivity contribution in [1.29, 1.82) is 0 Å². The summed E-state index contributed by atoms with van der Waals surface area (Å²) in [4.78, 5) is 0. The van der Waals surface area contributed by atoms with Crippen molar-refractivity contribution in [3.63, 3.8) is 0 Å². The van der Waals surface area contributed by atoms with E-state index in [4.69, 9.17) is 5.73 Å². The fourth-order valence-electron chi connectivity index (χ4n) is 2.59. The molecule has 2 rings (SSSR count). The van der Waals surface area contributed by atoms with Crippen molar-refractivity contribution in [3.05, 3.63) is 35.4 Å². The van der Waals surface area contributed by atoms with Crippen LogP contribution in [0.3, 0.4) is 0 Å². The first-order valence-electron chi connectivity index (χ1n) is 5.85. The molecule has 0 bridgehead atoms. The lowest BCUT2D eigenvalue weighted by molar-refractivity contribution is -0.138. The van der Waals surface area contributed by atoms with Crippen LogP contribution in [0.25, 0.3) is 0 Å². The quantitative estimate of drug-likeness (QED) is 0.845. The maximum Gasteiger partial charge on any atom is 0.416 e. The van der Waals surface area contributed by atoms with Crippen molar-refractivity contribution in [3.8, 4) is 0 Å². The van der Waals surface area contributed by atoms with Crippen molar-refractivity contribution in [2.75, 3.05) is 0 Å². The van der Waals surface area contributed by atoms with Crippen LogP contribution in [-0.2, 0) is 12.6 Å². The lowest BCUT2D eigenvalue weighted by Gasteiger charge is -2.25. The van der Waals surface area contributed by atoms with Gasteiger partial charge in [-0.15, -0.1) is 0 Å². The highest BCUT2D eigenvalue weighted by molar-refractivity contribution is 5.31. The molecule has 0 amide bonds. The van der Waals surface area contributed by atoms with Crippen molar-refractivity contribution >= 4 is 0 Å². The minimum Gasteiger partial charge on any atom is -0.325 e. The van der Waals surface area contributed by atoms with E-state index >= 15 is 0 Å². The molecule has 1 saturated carbocycles. The van der Waals surface area contributed by atoms with Crippen LogP contribution >= 0.6 is 0 Å². The van der Waals surface area contributed by atoms with E-state index in [9.17, 15) is 13.2 Å². The summed E-state index contributed by atoms with van der Waals surface area (Å²) >= 11 is 0. The molecule has 1 aromatic rings. The number of nitrogens with two attached hydrogens (primary N) is 1. The smallest absolute Gasteiger partial charge is 0.325 e. The SMILES string of the molecule is NC1(Cc2ccccc2C(F)(F)F)CCCC1. The second-order valence-electron chi connectivity index (χ2n) is 4.90. The van der Waals surface area contributed by atoms with Crippen molar-refractivity contribution in [2.24, 2.45) is 5.73 Å². The Hall–Kier alpha value is -1.03. The van der Waals surface area contributed by atoms with Gasteiger partial charge in [0.1, 0.15) is 0 Å². The first-order chi connectivity index (χ1) is 7.91. The molecule has 0 atom stereocenters. The molecule has 1 aliphatic rings. The molecule has 0 aliphatic heterocycles. The Morgan fingerprint density at radius 2 is 1.71 bits per heavy atom. The molecule has 94 valence electrons.